The Morgan fingerprint density at radius 1 is 1.48 bits per heavy atom. The van der Waals surface area contributed by atoms with Crippen LogP contribution in [-0.4, -0.2) is 35.1 Å². The first kappa shape index (κ1) is 15.8. The number of halogens is 1. The summed E-state index contributed by atoms with van der Waals surface area (Å²) >= 11 is 3.56. The third-order valence-electron chi connectivity index (χ3n) is 3.78. The first-order valence-corrected chi connectivity index (χ1v) is 7.83. The molecule has 1 aliphatic rings. The number of fused-ring (bicyclic) bond motifs is 1. The van der Waals surface area contributed by atoms with Crippen molar-refractivity contribution >= 4 is 27.9 Å². The Hall–Kier alpha value is -1.56. The zero-order chi connectivity index (χ0) is 15.4. The van der Waals surface area contributed by atoms with Crippen LogP contribution >= 0.6 is 15.9 Å². The molecule has 1 heterocycles. The number of carbonyl (C=O) groups excluding carboxylic acids is 1. The van der Waals surface area contributed by atoms with Crippen molar-refractivity contribution in [2.75, 3.05) is 13.1 Å². The highest BCUT2D eigenvalue weighted by Crippen LogP contribution is 2.33. The van der Waals surface area contributed by atoms with Gasteiger partial charge in [0.2, 0.25) is 0 Å². The maximum atomic E-state index is 12.2. The van der Waals surface area contributed by atoms with Gasteiger partial charge in [-0.2, -0.15) is 0 Å². The second kappa shape index (κ2) is 6.93. The Labute approximate surface area is 132 Å². The summed E-state index contributed by atoms with van der Waals surface area (Å²) in [6, 6.07) is 5.94. The molecule has 2 amide bonds. The maximum Gasteiger partial charge on any atom is 0.317 e. The molecule has 0 aromatic heterocycles. The number of nitrogens with one attached hydrogen (secondary N) is 1. The number of aliphatic carboxylic acids is 1. The molecule has 1 atom stereocenters. The van der Waals surface area contributed by atoms with Crippen LogP contribution in [0.15, 0.2) is 22.7 Å². The Morgan fingerprint density at radius 2 is 2.24 bits per heavy atom. The number of carbonyl (C=O) groups is 2. The lowest BCUT2D eigenvalue weighted by Crippen LogP contribution is -2.45. The first-order chi connectivity index (χ1) is 10.0. The highest BCUT2D eigenvalue weighted by molar-refractivity contribution is 9.10. The molecule has 0 aliphatic carbocycles. The lowest BCUT2D eigenvalue weighted by atomic mass is 9.94. The Bertz CT molecular complexity index is 548. The van der Waals surface area contributed by atoms with Crippen molar-refractivity contribution in [3.63, 3.8) is 0 Å². The van der Waals surface area contributed by atoms with Crippen LogP contribution in [-0.2, 0) is 11.2 Å². The van der Waals surface area contributed by atoms with E-state index >= 15 is 0 Å². The van der Waals surface area contributed by atoms with Crippen molar-refractivity contribution in [2.45, 2.75) is 32.2 Å². The molecular weight excluding hydrogens is 336 g/mol. The number of carboxylic acids is 1. The summed E-state index contributed by atoms with van der Waals surface area (Å²) in [4.78, 5) is 24.4. The Morgan fingerprint density at radius 3 is 2.95 bits per heavy atom. The predicted molar refractivity (Wildman–Crippen MR) is 83.2 cm³/mol. The van der Waals surface area contributed by atoms with Crippen LogP contribution in [0.4, 0.5) is 4.79 Å². The number of hydrogen-bond donors (Lipinski definition) is 2. The van der Waals surface area contributed by atoms with Crippen molar-refractivity contribution in [2.24, 2.45) is 0 Å². The minimum absolute atomic E-state index is 0.0192. The van der Waals surface area contributed by atoms with E-state index < -0.39 is 5.97 Å². The van der Waals surface area contributed by atoms with Crippen molar-refractivity contribution in [3.05, 3.63) is 33.8 Å². The van der Waals surface area contributed by atoms with Gasteiger partial charge < -0.3 is 15.3 Å². The van der Waals surface area contributed by atoms with Gasteiger partial charge in [-0.15, -0.1) is 0 Å². The standard InChI is InChI=1S/C15H19BrN2O3/c1-10-11-4-2-5-13(16)12(11)7-9-18(10)15(21)17-8-3-6-14(19)20/h2,4-5,10H,3,6-9H2,1H3,(H,17,21)(H,19,20). The lowest BCUT2D eigenvalue weighted by Gasteiger charge is -2.35. The zero-order valence-electron chi connectivity index (χ0n) is 11.9. The predicted octanol–water partition coefficient (Wildman–Crippen LogP) is 2.94. The molecule has 114 valence electrons. The fraction of sp³-hybridized carbons (Fsp3) is 0.467. The molecule has 2 rings (SSSR count). The Balaban J connectivity index is 1.96. The third kappa shape index (κ3) is 3.75. The number of nitrogens with zero attached hydrogens (tertiary/aromatic N) is 1. The van der Waals surface area contributed by atoms with Crippen LogP contribution in [0, 0.1) is 0 Å². The summed E-state index contributed by atoms with van der Waals surface area (Å²) in [5.41, 5.74) is 2.43. The molecule has 1 aromatic carbocycles. The van der Waals surface area contributed by atoms with E-state index in [1.807, 2.05) is 19.1 Å². The van der Waals surface area contributed by atoms with E-state index in [4.69, 9.17) is 5.11 Å². The summed E-state index contributed by atoms with van der Waals surface area (Å²) in [7, 11) is 0. The average molecular weight is 355 g/mol. The molecule has 5 nitrogen and oxygen atoms in total. The van der Waals surface area contributed by atoms with Crippen molar-refractivity contribution in [1.29, 1.82) is 0 Å². The number of hydrogen-bond acceptors (Lipinski definition) is 2. The van der Waals surface area contributed by atoms with Gasteiger partial charge in [0.25, 0.3) is 0 Å². The van der Waals surface area contributed by atoms with Gasteiger partial charge in [-0.3, -0.25) is 4.79 Å². The third-order valence-corrected chi connectivity index (χ3v) is 4.52. The van der Waals surface area contributed by atoms with E-state index in [9.17, 15) is 9.59 Å². The molecule has 0 radical (unpaired) electrons. The van der Waals surface area contributed by atoms with E-state index in [0.29, 0.717) is 19.5 Å². The molecule has 0 saturated carbocycles. The molecule has 2 N–H and O–H groups in total. The number of carboxylic acid groups (broad SMARTS) is 1. The maximum absolute atomic E-state index is 12.2. The molecule has 0 spiro atoms. The van der Waals surface area contributed by atoms with Gasteiger partial charge in [-0.1, -0.05) is 28.1 Å². The monoisotopic (exact) mass is 354 g/mol. The van der Waals surface area contributed by atoms with E-state index in [1.54, 1.807) is 4.90 Å². The van der Waals surface area contributed by atoms with Crippen LogP contribution < -0.4 is 5.32 Å². The number of rotatable bonds is 4. The van der Waals surface area contributed by atoms with E-state index in [1.165, 1.54) is 5.56 Å². The summed E-state index contributed by atoms with van der Waals surface area (Å²) < 4.78 is 1.09. The van der Waals surface area contributed by atoms with Crippen LogP contribution in [0.2, 0.25) is 0 Å². The van der Waals surface area contributed by atoms with Crippen molar-refractivity contribution < 1.29 is 14.7 Å². The van der Waals surface area contributed by atoms with Crippen LogP contribution in [0.3, 0.4) is 0 Å². The van der Waals surface area contributed by atoms with Gasteiger partial charge in [0.1, 0.15) is 0 Å². The SMILES string of the molecule is CC1c2cccc(Br)c2CCN1C(=O)NCCCC(=O)O. The van der Waals surface area contributed by atoms with Gasteiger partial charge in [-0.05, 0) is 37.0 Å². The topological polar surface area (TPSA) is 69.6 Å². The first-order valence-electron chi connectivity index (χ1n) is 7.04. The summed E-state index contributed by atoms with van der Waals surface area (Å²) in [5.74, 6) is -0.839. The fourth-order valence-electron chi connectivity index (χ4n) is 2.64. The number of benzene rings is 1. The number of amides is 2. The molecule has 6 heteroatoms. The lowest BCUT2D eigenvalue weighted by molar-refractivity contribution is -0.137. The molecule has 0 fully saturated rings. The molecule has 1 aromatic rings. The summed E-state index contributed by atoms with van der Waals surface area (Å²) in [5, 5.41) is 11.4. The van der Waals surface area contributed by atoms with E-state index in [-0.39, 0.29) is 18.5 Å². The van der Waals surface area contributed by atoms with E-state index in [0.717, 1.165) is 16.5 Å². The molecule has 21 heavy (non-hydrogen) atoms. The molecule has 0 saturated heterocycles. The molecular formula is C15H19BrN2O3. The van der Waals surface area contributed by atoms with Gasteiger partial charge >= 0.3 is 12.0 Å². The minimum atomic E-state index is -0.839. The van der Waals surface area contributed by atoms with Crippen LogP contribution in [0.5, 0.6) is 0 Å². The largest absolute Gasteiger partial charge is 0.481 e. The number of urea groups is 1. The van der Waals surface area contributed by atoms with Gasteiger partial charge in [-0.25, -0.2) is 4.79 Å². The normalized spacial score (nSPS) is 17.2. The minimum Gasteiger partial charge on any atom is -0.481 e. The van der Waals surface area contributed by atoms with Gasteiger partial charge in [0.05, 0.1) is 6.04 Å². The fourth-order valence-corrected chi connectivity index (χ4v) is 3.22. The van der Waals surface area contributed by atoms with Gasteiger partial charge in [0.15, 0.2) is 0 Å². The van der Waals surface area contributed by atoms with Crippen molar-refractivity contribution in [1.82, 2.24) is 10.2 Å². The van der Waals surface area contributed by atoms with Crippen LogP contribution in [0.25, 0.3) is 0 Å². The van der Waals surface area contributed by atoms with Crippen molar-refractivity contribution in [3.8, 4) is 0 Å². The molecule has 0 bridgehead atoms. The zero-order valence-corrected chi connectivity index (χ0v) is 13.5. The summed E-state index contributed by atoms with van der Waals surface area (Å²) in [6.45, 7) is 3.07. The molecule has 1 aliphatic heterocycles. The summed E-state index contributed by atoms with van der Waals surface area (Å²) in [6.07, 6.45) is 1.35. The smallest absolute Gasteiger partial charge is 0.317 e. The molecule has 1 unspecified atom stereocenters. The highest BCUT2D eigenvalue weighted by atomic mass is 79.9. The highest BCUT2D eigenvalue weighted by Gasteiger charge is 2.28. The quantitative estimate of drug-likeness (QED) is 0.816. The second-order valence-corrected chi connectivity index (χ2v) is 6.01. The second-order valence-electron chi connectivity index (χ2n) is 5.16. The van der Waals surface area contributed by atoms with Crippen LogP contribution in [0.1, 0.15) is 36.9 Å². The Kier molecular flexibility index (Phi) is 5.22. The van der Waals surface area contributed by atoms with E-state index in [2.05, 4.69) is 27.3 Å². The van der Waals surface area contributed by atoms with Gasteiger partial charge in [0, 0.05) is 24.0 Å². The average Bonchev–Trinajstić information content (AvgIpc) is 2.44.